The molecule has 1 aromatic carbocycles. The third kappa shape index (κ3) is 1.98. The summed E-state index contributed by atoms with van der Waals surface area (Å²) < 4.78 is 14.2. The number of carbonyl (C=O) groups excluding carboxylic acids is 1. The molecule has 2 N–H and O–H groups in total. The molecule has 0 radical (unpaired) electrons. The highest BCUT2D eigenvalue weighted by Crippen LogP contribution is 2.41. The second kappa shape index (κ2) is 4.07. The second-order valence-corrected chi connectivity index (χ2v) is 5.53. The van der Waals surface area contributed by atoms with Gasteiger partial charge in [-0.3, -0.25) is 4.79 Å². The van der Waals surface area contributed by atoms with Gasteiger partial charge in [0.1, 0.15) is 5.82 Å². The molecule has 1 heterocycles. The summed E-state index contributed by atoms with van der Waals surface area (Å²) in [7, 11) is 0. The van der Waals surface area contributed by atoms with E-state index in [0.717, 1.165) is 13.1 Å². The number of amides is 1. The molecule has 0 bridgehead atoms. The summed E-state index contributed by atoms with van der Waals surface area (Å²) in [5, 5.41) is 6.15. The molecular weight excluding hydrogens is 287 g/mol. The van der Waals surface area contributed by atoms with Gasteiger partial charge in [0.15, 0.2) is 0 Å². The first-order chi connectivity index (χ1) is 8.16. The van der Waals surface area contributed by atoms with E-state index in [1.54, 1.807) is 6.07 Å². The monoisotopic (exact) mass is 298 g/mol. The van der Waals surface area contributed by atoms with Crippen molar-refractivity contribution in [2.24, 2.45) is 11.8 Å². The van der Waals surface area contributed by atoms with E-state index in [4.69, 9.17) is 0 Å². The molecule has 0 spiro atoms. The Morgan fingerprint density at radius 1 is 1.41 bits per heavy atom. The Morgan fingerprint density at radius 3 is 2.76 bits per heavy atom. The summed E-state index contributed by atoms with van der Waals surface area (Å²) in [4.78, 5) is 11.9. The highest BCUT2D eigenvalue weighted by Gasteiger charge is 2.53. The normalized spacial score (nSPS) is 29.9. The van der Waals surface area contributed by atoms with Gasteiger partial charge in [0, 0.05) is 23.6 Å². The van der Waals surface area contributed by atoms with E-state index in [2.05, 4.69) is 26.6 Å². The Kier molecular flexibility index (Phi) is 2.67. The third-order valence-corrected chi connectivity index (χ3v) is 4.06. The Balaban J connectivity index is 1.70. The fourth-order valence-corrected chi connectivity index (χ4v) is 2.87. The summed E-state index contributed by atoms with van der Waals surface area (Å²) >= 11 is 3.17. The van der Waals surface area contributed by atoms with Gasteiger partial charge in [0.2, 0.25) is 0 Å². The van der Waals surface area contributed by atoms with Gasteiger partial charge in [0.25, 0.3) is 5.91 Å². The number of rotatable bonds is 2. The van der Waals surface area contributed by atoms with Crippen molar-refractivity contribution < 1.29 is 9.18 Å². The number of fused-ring (bicyclic) bond motifs is 1. The zero-order valence-corrected chi connectivity index (χ0v) is 10.6. The Labute approximate surface area is 107 Å². The van der Waals surface area contributed by atoms with Crippen molar-refractivity contribution in [3.63, 3.8) is 0 Å². The summed E-state index contributed by atoms with van der Waals surface area (Å²) in [6, 6.07) is 4.72. The van der Waals surface area contributed by atoms with Crippen LogP contribution >= 0.6 is 15.9 Å². The lowest BCUT2D eigenvalue weighted by Gasteiger charge is -2.08. The number of piperidine rings is 1. The number of benzene rings is 1. The van der Waals surface area contributed by atoms with Gasteiger partial charge >= 0.3 is 0 Å². The fraction of sp³-hybridized carbons (Fsp3) is 0.417. The first kappa shape index (κ1) is 11.2. The molecule has 1 aliphatic heterocycles. The molecule has 5 heteroatoms. The van der Waals surface area contributed by atoms with E-state index in [0.29, 0.717) is 16.3 Å². The molecule has 1 aliphatic carbocycles. The molecule has 1 saturated carbocycles. The maximum atomic E-state index is 13.6. The van der Waals surface area contributed by atoms with Gasteiger partial charge in [-0.15, -0.1) is 0 Å². The van der Waals surface area contributed by atoms with Gasteiger partial charge < -0.3 is 10.6 Å². The molecule has 1 amide bonds. The summed E-state index contributed by atoms with van der Waals surface area (Å²) in [6.07, 6.45) is 0. The fourth-order valence-electron chi connectivity index (χ4n) is 2.54. The van der Waals surface area contributed by atoms with Crippen LogP contribution in [0.15, 0.2) is 22.7 Å². The molecule has 1 aromatic rings. The van der Waals surface area contributed by atoms with E-state index in [9.17, 15) is 9.18 Å². The van der Waals surface area contributed by atoms with E-state index in [1.165, 1.54) is 12.1 Å². The quantitative estimate of drug-likeness (QED) is 0.869. The van der Waals surface area contributed by atoms with Crippen molar-refractivity contribution in [2.45, 2.75) is 6.04 Å². The lowest BCUT2D eigenvalue weighted by Crippen LogP contribution is -2.32. The predicted octanol–water partition coefficient (Wildman–Crippen LogP) is 1.54. The van der Waals surface area contributed by atoms with Crippen LogP contribution in [0, 0.1) is 17.7 Å². The highest BCUT2D eigenvalue weighted by molar-refractivity contribution is 9.10. The largest absolute Gasteiger partial charge is 0.349 e. The lowest BCUT2D eigenvalue weighted by atomic mass is 10.2. The average Bonchev–Trinajstić information content (AvgIpc) is 2.74. The van der Waals surface area contributed by atoms with Gasteiger partial charge in [-0.1, -0.05) is 15.9 Å². The van der Waals surface area contributed by atoms with E-state index in [1.807, 2.05) is 0 Å². The number of halogens is 2. The van der Waals surface area contributed by atoms with E-state index < -0.39 is 5.82 Å². The zero-order chi connectivity index (χ0) is 12.0. The Morgan fingerprint density at radius 2 is 2.12 bits per heavy atom. The number of nitrogens with one attached hydrogen (secondary N) is 2. The second-order valence-electron chi connectivity index (χ2n) is 4.61. The number of carbonyl (C=O) groups is 1. The molecule has 3 nitrogen and oxygen atoms in total. The number of hydrogen-bond acceptors (Lipinski definition) is 2. The van der Waals surface area contributed by atoms with Crippen LogP contribution in [0.1, 0.15) is 10.4 Å². The van der Waals surface area contributed by atoms with Crippen molar-refractivity contribution in [2.75, 3.05) is 13.1 Å². The van der Waals surface area contributed by atoms with E-state index in [-0.39, 0.29) is 17.5 Å². The maximum absolute atomic E-state index is 13.6. The molecule has 0 aromatic heterocycles. The summed E-state index contributed by atoms with van der Waals surface area (Å²) in [5.41, 5.74) is 0.117. The maximum Gasteiger partial charge on any atom is 0.254 e. The highest BCUT2D eigenvalue weighted by atomic mass is 79.9. The molecule has 17 heavy (non-hydrogen) atoms. The predicted molar refractivity (Wildman–Crippen MR) is 65.2 cm³/mol. The molecule has 2 fully saturated rings. The number of hydrogen-bond donors (Lipinski definition) is 2. The van der Waals surface area contributed by atoms with Gasteiger partial charge in [-0.2, -0.15) is 0 Å². The first-order valence-electron chi connectivity index (χ1n) is 5.63. The van der Waals surface area contributed by atoms with Crippen molar-refractivity contribution >= 4 is 21.8 Å². The average molecular weight is 299 g/mol. The summed E-state index contributed by atoms with van der Waals surface area (Å²) in [6.45, 7) is 1.91. The first-order valence-corrected chi connectivity index (χ1v) is 6.43. The minimum absolute atomic E-state index is 0.117. The Hall–Kier alpha value is -0.940. The van der Waals surface area contributed by atoms with Crippen LogP contribution in [-0.4, -0.2) is 25.0 Å². The molecular formula is C12H12BrFN2O. The van der Waals surface area contributed by atoms with Gasteiger partial charge in [-0.25, -0.2) is 4.39 Å². The van der Waals surface area contributed by atoms with Crippen LogP contribution in [0.4, 0.5) is 4.39 Å². The summed E-state index contributed by atoms with van der Waals surface area (Å²) in [5.74, 6) is 0.283. The molecule has 90 valence electrons. The van der Waals surface area contributed by atoms with Crippen molar-refractivity contribution in [1.82, 2.24) is 10.6 Å². The van der Waals surface area contributed by atoms with Crippen LogP contribution in [0.25, 0.3) is 0 Å². The molecule has 3 rings (SSSR count). The van der Waals surface area contributed by atoms with Gasteiger partial charge in [0.05, 0.1) is 5.56 Å². The smallest absolute Gasteiger partial charge is 0.254 e. The zero-order valence-electron chi connectivity index (χ0n) is 9.04. The van der Waals surface area contributed by atoms with Crippen LogP contribution in [0.2, 0.25) is 0 Å². The van der Waals surface area contributed by atoms with Gasteiger partial charge in [-0.05, 0) is 30.0 Å². The van der Waals surface area contributed by atoms with Crippen LogP contribution in [0.3, 0.4) is 0 Å². The molecule has 1 saturated heterocycles. The lowest BCUT2D eigenvalue weighted by molar-refractivity contribution is 0.0942. The Bertz CT molecular complexity index is 470. The SMILES string of the molecule is O=C(NC1C2CNCC21)c1ccc(Br)cc1F. The van der Waals surface area contributed by atoms with Crippen LogP contribution in [0.5, 0.6) is 0 Å². The molecule has 2 atom stereocenters. The van der Waals surface area contributed by atoms with E-state index >= 15 is 0 Å². The topological polar surface area (TPSA) is 41.1 Å². The van der Waals surface area contributed by atoms with Crippen molar-refractivity contribution in [1.29, 1.82) is 0 Å². The minimum atomic E-state index is -0.485. The standard InChI is InChI=1S/C12H12BrFN2O/c13-6-1-2-7(10(14)3-6)12(17)16-11-8-4-15-5-9(8)11/h1-3,8-9,11,15H,4-5H2,(H,16,17). The van der Waals surface area contributed by atoms with Crippen molar-refractivity contribution in [3.8, 4) is 0 Å². The van der Waals surface area contributed by atoms with Crippen LogP contribution < -0.4 is 10.6 Å². The third-order valence-electron chi connectivity index (χ3n) is 3.57. The van der Waals surface area contributed by atoms with Crippen molar-refractivity contribution in [3.05, 3.63) is 34.1 Å². The molecule has 2 unspecified atom stereocenters. The minimum Gasteiger partial charge on any atom is -0.349 e. The molecule has 2 aliphatic rings. The van der Waals surface area contributed by atoms with Crippen LogP contribution in [-0.2, 0) is 0 Å².